The van der Waals surface area contributed by atoms with Gasteiger partial charge in [0.25, 0.3) is 7.82 Å². The zero-order chi connectivity index (χ0) is 41.4. The maximum Gasteiger partial charge on any atom is 0.268 e. The number of nitrogens with zero attached hydrogens (tertiary/aromatic N) is 1. The van der Waals surface area contributed by atoms with E-state index in [1.807, 2.05) is 27.2 Å². The van der Waals surface area contributed by atoms with Gasteiger partial charge in [-0.2, -0.15) is 0 Å². The third-order valence-corrected chi connectivity index (χ3v) is 10.6. The molecule has 8 nitrogen and oxygen atoms in total. The molecule has 0 bridgehead atoms. The average Bonchev–Trinajstić information content (AvgIpc) is 3.15. The van der Waals surface area contributed by atoms with Gasteiger partial charge in [-0.05, 0) is 77.0 Å². The van der Waals surface area contributed by atoms with Gasteiger partial charge in [0.15, 0.2) is 0 Å². The Morgan fingerprint density at radius 1 is 0.625 bits per heavy atom. The van der Waals surface area contributed by atoms with Crippen LogP contribution in [0.25, 0.3) is 0 Å². The molecule has 0 aromatic carbocycles. The van der Waals surface area contributed by atoms with Crippen molar-refractivity contribution in [1.82, 2.24) is 5.32 Å². The van der Waals surface area contributed by atoms with Gasteiger partial charge in [-0.3, -0.25) is 9.36 Å². The Balaban J connectivity index is 4.52. The Morgan fingerprint density at radius 3 is 1.59 bits per heavy atom. The van der Waals surface area contributed by atoms with Crippen molar-refractivity contribution in [2.24, 2.45) is 0 Å². The predicted octanol–water partition coefficient (Wildman–Crippen LogP) is 12.0. The minimum atomic E-state index is -4.60. The fourth-order valence-corrected chi connectivity index (χ4v) is 6.76. The number of allylic oxidation sites excluding steroid dienone is 9. The molecule has 0 saturated heterocycles. The maximum absolute atomic E-state index is 12.9. The van der Waals surface area contributed by atoms with Gasteiger partial charge in [0.05, 0.1) is 39.9 Å². The summed E-state index contributed by atoms with van der Waals surface area (Å²) in [6.45, 7) is 4.56. The van der Waals surface area contributed by atoms with E-state index in [1.165, 1.54) is 96.3 Å². The van der Waals surface area contributed by atoms with Crippen molar-refractivity contribution in [3.05, 3.63) is 60.8 Å². The smallest absolute Gasteiger partial charge is 0.268 e. The number of aliphatic hydroxyl groups excluding tert-OH is 1. The number of nitrogens with one attached hydrogen (secondary N) is 1. The minimum Gasteiger partial charge on any atom is -0.756 e. The molecule has 0 spiro atoms. The van der Waals surface area contributed by atoms with E-state index in [9.17, 15) is 19.4 Å². The van der Waals surface area contributed by atoms with Gasteiger partial charge in [-0.1, -0.05) is 158 Å². The SMILES string of the molecule is CCCCC/C=C\C/C=C\CCCCCCCCCC(=O)NC(COP(=O)([O-])OCC[N+](C)(C)C)C(O)/C=C/CC/C=C/CC/C=C/CCCCCCCCC. The summed E-state index contributed by atoms with van der Waals surface area (Å²) >= 11 is 0. The number of likely N-dealkylation sites (N-methyl/N-ethyl adjacent to an activating group) is 1. The number of aliphatic hydroxyl groups is 1. The van der Waals surface area contributed by atoms with Crippen molar-refractivity contribution in [1.29, 1.82) is 0 Å². The minimum absolute atomic E-state index is 0.0129. The number of quaternary nitrogens is 1. The highest BCUT2D eigenvalue weighted by Crippen LogP contribution is 2.38. The quantitative estimate of drug-likeness (QED) is 0.0276. The van der Waals surface area contributed by atoms with Crippen LogP contribution in [-0.4, -0.2) is 68.5 Å². The van der Waals surface area contributed by atoms with Crippen LogP contribution in [0.4, 0.5) is 0 Å². The normalized spacial score (nSPS) is 14.9. The topological polar surface area (TPSA) is 108 Å². The molecule has 0 saturated carbocycles. The molecule has 326 valence electrons. The van der Waals surface area contributed by atoms with Crippen LogP contribution in [0.2, 0.25) is 0 Å². The van der Waals surface area contributed by atoms with Gasteiger partial charge in [0.2, 0.25) is 5.91 Å². The molecule has 9 heteroatoms. The van der Waals surface area contributed by atoms with E-state index in [0.717, 1.165) is 64.2 Å². The number of phosphoric ester groups is 1. The van der Waals surface area contributed by atoms with Gasteiger partial charge in [-0.25, -0.2) is 0 Å². The van der Waals surface area contributed by atoms with Crippen molar-refractivity contribution >= 4 is 13.7 Å². The average molecular weight is 807 g/mol. The number of phosphoric acid groups is 1. The number of hydrogen-bond acceptors (Lipinski definition) is 6. The second-order valence-electron chi connectivity index (χ2n) is 16.4. The molecule has 0 aliphatic carbocycles. The first-order valence-corrected chi connectivity index (χ1v) is 24.1. The van der Waals surface area contributed by atoms with E-state index < -0.39 is 26.6 Å². The van der Waals surface area contributed by atoms with Gasteiger partial charge >= 0.3 is 0 Å². The first-order chi connectivity index (χ1) is 27.0. The van der Waals surface area contributed by atoms with E-state index in [4.69, 9.17) is 9.05 Å². The molecule has 0 rings (SSSR count). The van der Waals surface area contributed by atoms with Crippen LogP contribution < -0.4 is 10.2 Å². The van der Waals surface area contributed by atoms with Crippen LogP contribution in [-0.2, 0) is 18.4 Å². The van der Waals surface area contributed by atoms with Crippen LogP contribution in [0.5, 0.6) is 0 Å². The van der Waals surface area contributed by atoms with E-state index in [2.05, 4.69) is 67.8 Å². The molecule has 0 radical (unpaired) electrons. The number of unbranched alkanes of at least 4 members (excludes halogenated alkanes) is 19. The zero-order valence-electron chi connectivity index (χ0n) is 36.8. The lowest BCUT2D eigenvalue weighted by Crippen LogP contribution is -2.45. The summed E-state index contributed by atoms with van der Waals surface area (Å²) < 4.78 is 23.2. The highest BCUT2D eigenvalue weighted by molar-refractivity contribution is 7.45. The Bertz CT molecular complexity index is 1100. The summed E-state index contributed by atoms with van der Waals surface area (Å²) in [7, 11) is 1.22. The molecule has 0 aliphatic heterocycles. The predicted molar refractivity (Wildman–Crippen MR) is 237 cm³/mol. The molecule has 1 amide bonds. The lowest BCUT2D eigenvalue weighted by atomic mass is 10.1. The molecule has 2 N–H and O–H groups in total. The fourth-order valence-electron chi connectivity index (χ4n) is 6.04. The van der Waals surface area contributed by atoms with E-state index in [0.29, 0.717) is 17.4 Å². The molecular formula is C47H87N2O6P. The summed E-state index contributed by atoms with van der Waals surface area (Å²) in [5.41, 5.74) is 0. The van der Waals surface area contributed by atoms with E-state index in [-0.39, 0.29) is 12.5 Å². The first-order valence-electron chi connectivity index (χ1n) is 22.7. The van der Waals surface area contributed by atoms with Crippen LogP contribution in [0.1, 0.15) is 181 Å². The first kappa shape index (κ1) is 54.2. The van der Waals surface area contributed by atoms with Gasteiger partial charge < -0.3 is 28.8 Å². The highest BCUT2D eigenvalue weighted by Gasteiger charge is 2.23. The van der Waals surface area contributed by atoms with Crippen molar-refractivity contribution in [2.75, 3.05) is 40.9 Å². The third kappa shape index (κ3) is 40.4. The molecule has 0 fully saturated rings. The zero-order valence-corrected chi connectivity index (χ0v) is 37.7. The summed E-state index contributed by atoms with van der Waals surface area (Å²) in [4.78, 5) is 25.3. The second kappa shape index (κ2) is 38.7. The molecule has 3 unspecified atom stereocenters. The van der Waals surface area contributed by atoms with Gasteiger partial charge in [0.1, 0.15) is 13.2 Å². The molecular weight excluding hydrogens is 719 g/mol. The lowest BCUT2D eigenvalue weighted by Gasteiger charge is -2.29. The monoisotopic (exact) mass is 807 g/mol. The summed E-state index contributed by atoms with van der Waals surface area (Å²) in [6.07, 6.45) is 49.8. The number of hydrogen-bond donors (Lipinski definition) is 2. The van der Waals surface area contributed by atoms with Crippen LogP contribution in [0, 0.1) is 0 Å². The van der Waals surface area contributed by atoms with E-state index >= 15 is 0 Å². The summed E-state index contributed by atoms with van der Waals surface area (Å²) in [5, 5.41) is 13.8. The standard InChI is InChI=1S/C47H87N2O6P/c1-6-8-10-12-14-16-18-20-22-24-26-28-30-32-34-36-38-40-46(50)45(44-55-56(52,53)54-43-42-49(3,4)5)48-47(51)41-39-37-35-33-31-29-27-25-23-21-19-17-15-13-11-9-7-2/h15,17,21-24,30,32,38,40,45-46,50H,6-14,16,18-20,25-29,31,33-37,39,41-44H2,1-5H3,(H-,48,51,52,53)/b17-15-,23-21-,24-22+,32-30+,40-38+. The Morgan fingerprint density at radius 2 is 1.05 bits per heavy atom. The van der Waals surface area contributed by atoms with Gasteiger partial charge in [-0.15, -0.1) is 0 Å². The van der Waals surface area contributed by atoms with Gasteiger partial charge in [0, 0.05) is 6.42 Å². The molecule has 0 heterocycles. The fraction of sp³-hybridized carbons (Fsp3) is 0.766. The second-order valence-corrected chi connectivity index (χ2v) is 17.8. The molecule has 0 aliphatic rings. The number of carbonyl (C=O) groups is 1. The number of carbonyl (C=O) groups excluding carboxylic acids is 1. The third-order valence-electron chi connectivity index (χ3n) is 9.68. The van der Waals surface area contributed by atoms with Crippen LogP contribution in [0.3, 0.4) is 0 Å². The number of rotatable bonds is 40. The Labute approximate surface area is 345 Å². The molecule has 0 aromatic heterocycles. The Hall–Kier alpha value is -1.80. The van der Waals surface area contributed by atoms with E-state index in [1.54, 1.807) is 6.08 Å². The summed E-state index contributed by atoms with van der Waals surface area (Å²) in [5.74, 6) is -0.222. The summed E-state index contributed by atoms with van der Waals surface area (Å²) in [6, 6.07) is -0.915. The maximum atomic E-state index is 12.9. The molecule has 56 heavy (non-hydrogen) atoms. The Kier molecular flexibility index (Phi) is 37.5. The highest BCUT2D eigenvalue weighted by atomic mass is 31.2. The van der Waals surface area contributed by atoms with Crippen molar-refractivity contribution in [3.63, 3.8) is 0 Å². The van der Waals surface area contributed by atoms with Crippen molar-refractivity contribution < 1.29 is 32.9 Å². The lowest BCUT2D eigenvalue weighted by molar-refractivity contribution is -0.870. The number of amides is 1. The van der Waals surface area contributed by atoms with Crippen molar-refractivity contribution in [3.8, 4) is 0 Å². The van der Waals surface area contributed by atoms with Crippen LogP contribution >= 0.6 is 7.82 Å². The van der Waals surface area contributed by atoms with Crippen molar-refractivity contribution in [2.45, 2.75) is 193 Å². The molecule has 3 atom stereocenters. The largest absolute Gasteiger partial charge is 0.756 e. The van der Waals surface area contributed by atoms with Crippen LogP contribution in [0.15, 0.2) is 60.8 Å². The molecule has 0 aromatic rings.